The second kappa shape index (κ2) is 5.54. The maximum atomic E-state index is 11.8. The van der Waals surface area contributed by atoms with Gasteiger partial charge in [0.25, 0.3) is 0 Å². The van der Waals surface area contributed by atoms with Gasteiger partial charge in [0.2, 0.25) is 5.91 Å². The van der Waals surface area contributed by atoms with Crippen LogP contribution < -0.4 is 11.1 Å². The van der Waals surface area contributed by atoms with Crippen LogP contribution in [0.3, 0.4) is 0 Å². The standard InChI is InChI=1S/C13H20N2O/c1-4-10(5-2)13(16)15-11-7-6-9(3)12(14)8-11/h6-8,10H,4-5,14H2,1-3H3,(H,15,16). The minimum atomic E-state index is 0.0771. The average molecular weight is 220 g/mol. The lowest BCUT2D eigenvalue weighted by molar-refractivity contribution is -0.120. The van der Waals surface area contributed by atoms with Crippen LogP contribution in [0.15, 0.2) is 18.2 Å². The van der Waals surface area contributed by atoms with E-state index in [1.54, 1.807) is 6.07 Å². The molecular formula is C13H20N2O. The molecule has 0 aliphatic heterocycles. The molecule has 88 valence electrons. The van der Waals surface area contributed by atoms with Gasteiger partial charge in [-0.2, -0.15) is 0 Å². The molecule has 1 rings (SSSR count). The van der Waals surface area contributed by atoms with Crippen molar-refractivity contribution >= 4 is 17.3 Å². The molecule has 3 N–H and O–H groups in total. The zero-order valence-electron chi connectivity index (χ0n) is 10.2. The number of aryl methyl sites for hydroxylation is 1. The molecular weight excluding hydrogens is 200 g/mol. The number of benzene rings is 1. The summed E-state index contributed by atoms with van der Waals surface area (Å²) in [7, 11) is 0. The topological polar surface area (TPSA) is 55.1 Å². The maximum Gasteiger partial charge on any atom is 0.227 e. The lowest BCUT2D eigenvalue weighted by Gasteiger charge is -2.13. The van der Waals surface area contributed by atoms with Crippen molar-refractivity contribution in [2.24, 2.45) is 5.92 Å². The Morgan fingerprint density at radius 1 is 1.38 bits per heavy atom. The van der Waals surface area contributed by atoms with Gasteiger partial charge in [0, 0.05) is 17.3 Å². The highest BCUT2D eigenvalue weighted by molar-refractivity contribution is 5.93. The Balaban J connectivity index is 2.73. The number of carbonyl (C=O) groups is 1. The first-order chi connectivity index (χ1) is 7.58. The van der Waals surface area contributed by atoms with Crippen LogP contribution in [-0.2, 0) is 4.79 Å². The maximum absolute atomic E-state index is 11.8. The van der Waals surface area contributed by atoms with Crippen molar-refractivity contribution < 1.29 is 4.79 Å². The summed E-state index contributed by atoms with van der Waals surface area (Å²) in [5.74, 6) is 0.163. The highest BCUT2D eigenvalue weighted by Crippen LogP contribution is 2.18. The Hall–Kier alpha value is -1.51. The monoisotopic (exact) mass is 220 g/mol. The Kier molecular flexibility index (Phi) is 4.35. The minimum absolute atomic E-state index is 0.0771. The van der Waals surface area contributed by atoms with Crippen LogP contribution in [0.1, 0.15) is 32.3 Å². The van der Waals surface area contributed by atoms with E-state index in [9.17, 15) is 4.79 Å². The van der Waals surface area contributed by atoms with E-state index in [0.717, 1.165) is 24.1 Å². The fourth-order valence-corrected chi connectivity index (χ4v) is 1.62. The lowest BCUT2D eigenvalue weighted by Crippen LogP contribution is -2.21. The summed E-state index contributed by atoms with van der Waals surface area (Å²) in [5, 5.41) is 2.89. The van der Waals surface area contributed by atoms with Gasteiger partial charge < -0.3 is 11.1 Å². The zero-order chi connectivity index (χ0) is 12.1. The van der Waals surface area contributed by atoms with Gasteiger partial charge in [0.1, 0.15) is 0 Å². The SMILES string of the molecule is CCC(CC)C(=O)Nc1ccc(C)c(N)c1. The van der Waals surface area contributed by atoms with Crippen LogP contribution in [-0.4, -0.2) is 5.91 Å². The fourth-order valence-electron chi connectivity index (χ4n) is 1.62. The van der Waals surface area contributed by atoms with Gasteiger partial charge in [-0.3, -0.25) is 4.79 Å². The summed E-state index contributed by atoms with van der Waals surface area (Å²) in [6.45, 7) is 6.00. The zero-order valence-corrected chi connectivity index (χ0v) is 10.2. The summed E-state index contributed by atoms with van der Waals surface area (Å²) in [6.07, 6.45) is 1.73. The van der Waals surface area contributed by atoms with Crippen LogP contribution in [0, 0.1) is 12.8 Å². The normalized spacial score (nSPS) is 10.5. The summed E-state index contributed by atoms with van der Waals surface area (Å²) in [6, 6.07) is 5.60. The molecule has 3 heteroatoms. The van der Waals surface area contributed by atoms with E-state index < -0.39 is 0 Å². The first-order valence-corrected chi connectivity index (χ1v) is 5.75. The summed E-state index contributed by atoms with van der Waals surface area (Å²) >= 11 is 0. The number of amides is 1. The van der Waals surface area contributed by atoms with Crippen molar-refractivity contribution in [2.75, 3.05) is 11.1 Å². The molecule has 0 saturated heterocycles. The van der Waals surface area contributed by atoms with Gasteiger partial charge >= 0.3 is 0 Å². The summed E-state index contributed by atoms with van der Waals surface area (Å²) in [5.41, 5.74) is 8.30. The number of anilines is 2. The predicted molar refractivity (Wildman–Crippen MR) is 68.3 cm³/mol. The van der Waals surface area contributed by atoms with Crippen LogP contribution in [0.2, 0.25) is 0 Å². The number of nitrogens with two attached hydrogens (primary N) is 1. The molecule has 16 heavy (non-hydrogen) atoms. The molecule has 1 aromatic rings. The molecule has 1 amide bonds. The van der Waals surface area contributed by atoms with Crippen LogP contribution >= 0.6 is 0 Å². The van der Waals surface area contributed by atoms with Gasteiger partial charge in [0.05, 0.1) is 0 Å². The first kappa shape index (κ1) is 12.6. The fraction of sp³-hybridized carbons (Fsp3) is 0.462. The van der Waals surface area contributed by atoms with Crippen molar-refractivity contribution in [3.8, 4) is 0 Å². The Labute approximate surface area is 97.0 Å². The van der Waals surface area contributed by atoms with E-state index in [2.05, 4.69) is 5.32 Å². The molecule has 0 unspecified atom stereocenters. The number of nitrogens with one attached hydrogen (secondary N) is 1. The Bertz CT molecular complexity index is 370. The highest BCUT2D eigenvalue weighted by Gasteiger charge is 2.14. The average Bonchev–Trinajstić information content (AvgIpc) is 2.25. The largest absolute Gasteiger partial charge is 0.398 e. The van der Waals surface area contributed by atoms with E-state index in [-0.39, 0.29) is 11.8 Å². The predicted octanol–water partition coefficient (Wildman–Crippen LogP) is 2.95. The first-order valence-electron chi connectivity index (χ1n) is 5.75. The van der Waals surface area contributed by atoms with Crippen molar-refractivity contribution in [1.29, 1.82) is 0 Å². The molecule has 0 saturated carbocycles. The number of rotatable bonds is 4. The molecule has 0 heterocycles. The summed E-state index contributed by atoms with van der Waals surface area (Å²) in [4.78, 5) is 11.8. The van der Waals surface area contributed by atoms with Crippen LogP contribution in [0.4, 0.5) is 11.4 Å². The smallest absolute Gasteiger partial charge is 0.227 e. The molecule has 0 bridgehead atoms. The van der Waals surface area contributed by atoms with Gasteiger partial charge in [-0.1, -0.05) is 19.9 Å². The molecule has 0 aromatic heterocycles. The highest BCUT2D eigenvalue weighted by atomic mass is 16.1. The summed E-state index contributed by atoms with van der Waals surface area (Å²) < 4.78 is 0. The Morgan fingerprint density at radius 2 is 2.00 bits per heavy atom. The molecule has 0 atom stereocenters. The number of nitrogen functional groups attached to an aromatic ring is 1. The van der Waals surface area contributed by atoms with Crippen LogP contribution in [0.25, 0.3) is 0 Å². The van der Waals surface area contributed by atoms with E-state index >= 15 is 0 Å². The molecule has 0 aliphatic carbocycles. The molecule has 1 aromatic carbocycles. The quantitative estimate of drug-likeness (QED) is 0.766. The number of carbonyl (C=O) groups excluding carboxylic acids is 1. The third-order valence-corrected chi connectivity index (χ3v) is 2.90. The van der Waals surface area contributed by atoms with Crippen molar-refractivity contribution in [2.45, 2.75) is 33.6 Å². The van der Waals surface area contributed by atoms with E-state index in [1.807, 2.05) is 32.9 Å². The van der Waals surface area contributed by atoms with E-state index in [4.69, 9.17) is 5.73 Å². The van der Waals surface area contributed by atoms with Gasteiger partial charge in [-0.05, 0) is 37.5 Å². The van der Waals surface area contributed by atoms with Crippen molar-refractivity contribution in [3.05, 3.63) is 23.8 Å². The third-order valence-electron chi connectivity index (χ3n) is 2.90. The van der Waals surface area contributed by atoms with E-state index in [1.165, 1.54) is 0 Å². The van der Waals surface area contributed by atoms with Crippen molar-refractivity contribution in [3.63, 3.8) is 0 Å². The molecule has 3 nitrogen and oxygen atoms in total. The van der Waals surface area contributed by atoms with E-state index in [0.29, 0.717) is 5.69 Å². The molecule has 0 spiro atoms. The number of hydrogen-bond donors (Lipinski definition) is 2. The van der Waals surface area contributed by atoms with Crippen LogP contribution in [0.5, 0.6) is 0 Å². The van der Waals surface area contributed by atoms with Gasteiger partial charge in [-0.15, -0.1) is 0 Å². The number of hydrogen-bond acceptors (Lipinski definition) is 2. The van der Waals surface area contributed by atoms with Gasteiger partial charge in [0.15, 0.2) is 0 Å². The molecule has 0 radical (unpaired) electrons. The minimum Gasteiger partial charge on any atom is -0.398 e. The van der Waals surface area contributed by atoms with Crippen molar-refractivity contribution in [1.82, 2.24) is 0 Å². The third kappa shape index (κ3) is 2.99. The Morgan fingerprint density at radius 3 is 2.50 bits per heavy atom. The molecule has 0 fully saturated rings. The second-order valence-corrected chi connectivity index (χ2v) is 4.07. The second-order valence-electron chi connectivity index (χ2n) is 4.07. The molecule has 0 aliphatic rings. The lowest BCUT2D eigenvalue weighted by atomic mass is 10.0. The van der Waals surface area contributed by atoms with Gasteiger partial charge in [-0.25, -0.2) is 0 Å².